The number of hydrogen-bond acceptors (Lipinski definition) is 6. The Morgan fingerprint density at radius 1 is 1.62 bits per heavy atom. The maximum Gasteiger partial charge on any atom is 0.376 e. The molecule has 0 aliphatic heterocycles. The molecule has 0 aromatic carbocycles. The molecule has 1 aromatic rings. The van der Waals surface area contributed by atoms with Crippen LogP contribution >= 0.6 is 11.8 Å². The Bertz CT molecular complexity index is 384. The quantitative estimate of drug-likeness (QED) is 0.483. The van der Waals surface area contributed by atoms with E-state index < -0.39 is 5.97 Å². The second-order valence-electron chi connectivity index (χ2n) is 3.27. The number of aliphatic hydroxyl groups excluding tert-OH is 1. The Morgan fingerprint density at radius 2 is 2.31 bits per heavy atom. The van der Waals surface area contributed by atoms with Crippen LogP contribution in [0.1, 0.15) is 23.2 Å². The van der Waals surface area contributed by atoms with E-state index in [0.29, 0.717) is 10.7 Å². The number of aromatic nitrogens is 2. The number of nitrogens with zero attached hydrogens (tertiary/aromatic N) is 2. The van der Waals surface area contributed by atoms with Crippen LogP contribution in [0.3, 0.4) is 0 Å². The standard InChI is InChI=1S/C10H14N2O3S/c1-6-4-8(16-7(2)5-13)12-9(11-6)10(14)15-3/h4,7,13H,5H2,1-3H3. The van der Waals surface area contributed by atoms with Crippen LogP contribution in [0, 0.1) is 6.92 Å². The molecule has 0 saturated heterocycles. The highest BCUT2D eigenvalue weighted by Crippen LogP contribution is 2.21. The molecule has 1 rings (SSSR count). The van der Waals surface area contributed by atoms with Crippen molar-refractivity contribution in [2.45, 2.75) is 24.1 Å². The van der Waals surface area contributed by atoms with Gasteiger partial charge in [-0.1, -0.05) is 6.92 Å². The number of methoxy groups -OCH3 is 1. The topological polar surface area (TPSA) is 72.3 Å². The average molecular weight is 242 g/mol. The average Bonchev–Trinajstić information content (AvgIpc) is 2.27. The number of hydrogen-bond donors (Lipinski definition) is 1. The lowest BCUT2D eigenvalue weighted by Crippen LogP contribution is -2.10. The molecule has 1 unspecified atom stereocenters. The van der Waals surface area contributed by atoms with Gasteiger partial charge in [0.05, 0.1) is 13.7 Å². The fourth-order valence-corrected chi connectivity index (χ4v) is 1.89. The lowest BCUT2D eigenvalue weighted by Gasteiger charge is -2.08. The fourth-order valence-electron chi connectivity index (χ4n) is 1.03. The number of aliphatic hydroxyl groups is 1. The molecule has 0 spiro atoms. The lowest BCUT2D eigenvalue weighted by atomic mass is 10.4. The second kappa shape index (κ2) is 5.81. The molecule has 5 nitrogen and oxygen atoms in total. The van der Waals surface area contributed by atoms with Gasteiger partial charge in [0.2, 0.25) is 5.82 Å². The van der Waals surface area contributed by atoms with Crippen LogP contribution in [0.4, 0.5) is 0 Å². The predicted molar refractivity (Wildman–Crippen MR) is 60.5 cm³/mol. The van der Waals surface area contributed by atoms with E-state index >= 15 is 0 Å². The third kappa shape index (κ3) is 3.46. The van der Waals surface area contributed by atoms with E-state index in [1.807, 2.05) is 6.92 Å². The molecule has 0 fully saturated rings. The molecule has 0 aliphatic rings. The van der Waals surface area contributed by atoms with Gasteiger partial charge >= 0.3 is 5.97 Å². The number of esters is 1. The summed E-state index contributed by atoms with van der Waals surface area (Å²) >= 11 is 1.39. The van der Waals surface area contributed by atoms with Gasteiger partial charge in [-0.3, -0.25) is 0 Å². The van der Waals surface area contributed by atoms with Crippen molar-refractivity contribution >= 4 is 17.7 Å². The van der Waals surface area contributed by atoms with E-state index in [2.05, 4.69) is 14.7 Å². The van der Waals surface area contributed by atoms with Crippen LogP contribution in [0.5, 0.6) is 0 Å². The van der Waals surface area contributed by atoms with Gasteiger partial charge in [0.25, 0.3) is 0 Å². The van der Waals surface area contributed by atoms with Crippen molar-refractivity contribution in [1.29, 1.82) is 0 Å². The van der Waals surface area contributed by atoms with Gasteiger partial charge in [0.15, 0.2) is 0 Å². The molecular weight excluding hydrogens is 228 g/mol. The summed E-state index contributed by atoms with van der Waals surface area (Å²) < 4.78 is 4.55. The molecule has 0 saturated carbocycles. The van der Waals surface area contributed by atoms with Crippen LogP contribution in [0.25, 0.3) is 0 Å². The zero-order chi connectivity index (χ0) is 12.1. The lowest BCUT2D eigenvalue weighted by molar-refractivity contribution is 0.0585. The summed E-state index contributed by atoms with van der Waals surface area (Å²) in [5.74, 6) is -0.502. The molecule has 0 amide bonds. The van der Waals surface area contributed by atoms with Crippen LogP contribution < -0.4 is 0 Å². The Morgan fingerprint density at radius 3 is 2.88 bits per heavy atom. The van der Waals surface area contributed by atoms with Gasteiger partial charge in [0, 0.05) is 10.9 Å². The Labute approximate surface area is 98.3 Å². The van der Waals surface area contributed by atoms with Crippen molar-refractivity contribution < 1.29 is 14.6 Å². The van der Waals surface area contributed by atoms with Gasteiger partial charge in [-0.15, -0.1) is 11.8 Å². The molecule has 0 bridgehead atoms. The largest absolute Gasteiger partial charge is 0.463 e. The van der Waals surface area contributed by atoms with Crippen LogP contribution in [0.2, 0.25) is 0 Å². The second-order valence-corrected chi connectivity index (χ2v) is 4.73. The van der Waals surface area contributed by atoms with Crippen LogP contribution in [-0.2, 0) is 4.74 Å². The number of carbonyl (C=O) groups excluding carboxylic acids is 1. The maximum absolute atomic E-state index is 11.3. The smallest absolute Gasteiger partial charge is 0.376 e. The Kier molecular flexibility index (Phi) is 4.70. The normalized spacial score (nSPS) is 12.2. The zero-order valence-electron chi connectivity index (χ0n) is 9.43. The van der Waals surface area contributed by atoms with Crippen molar-refractivity contribution in [2.24, 2.45) is 0 Å². The first-order chi connectivity index (χ1) is 7.56. The highest BCUT2D eigenvalue weighted by Gasteiger charge is 2.13. The molecule has 16 heavy (non-hydrogen) atoms. The molecule has 1 atom stereocenters. The molecule has 1 N–H and O–H groups in total. The minimum Gasteiger partial charge on any atom is -0.463 e. The van der Waals surface area contributed by atoms with Gasteiger partial charge in [0.1, 0.15) is 5.03 Å². The molecule has 0 aliphatic carbocycles. The molecule has 1 aromatic heterocycles. The summed E-state index contributed by atoms with van der Waals surface area (Å²) in [6.07, 6.45) is 0. The van der Waals surface area contributed by atoms with Crippen molar-refractivity contribution in [3.05, 3.63) is 17.6 Å². The molecule has 0 radical (unpaired) electrons. The summed E-state index contributed by atoms with van der Waals surface area (Å²) in [6.45, 7) is 3.71. The SMILES string of the molecule is COC(=O)c1nc(C)cc(SC(C)CO)n1. The molecule has 1 heterocycles. The number of carbonyl (C=O) groups is 1. The summed E-state index contributed by atoms with van der Waals surface area (Å²) in [5.41, 5.74) is 0.697. The van der Waals surface area contributed by atoms with Crippen molar-refractivity contribution in [3.63, 3.8) is 0 Å². The van der Waals surface area contributed by atoms with Gasteiger partial charge in [-0.25, -0.2) is 14.8 Å². The summed E-state index contributed by atoms with van der Waals surface area (Å²) in [4.78, 5) is 19.3. The highest BCUT2D eigenvalue weighted by molar-refractivity contribution is 7.99. The van der Waals surface area contributed by atoms with Crippen LogP contribution in [0.15, 0.2) is 11.1 Å². The van der Waals surface area contributed by atoms with Crippen molar-refractivity contribution in [2.75, 3.05) is 13.7 Å². The summed E-state index contributed by atoms with van der Waals surface area (Å²) in [7, 11) is 1.29. The summed E-state index contributed by atoms with van der Waals surface area (Å²) in [6, 6.07) is 1.77. The van der Waals surface area contributed by atoms with Crippen molar-refractivity contribution in [3.8, 4) is 0 Å². The van der Waals surface area contributed by atoms with Gasteiger partial charge in [-0.2, -0.15) is 0 Å². The highest BCUT2D eigenvalue weighted by atomic mass is 32.2. The maximum atomic E-state index is 11.3. The molecular formula is C10H14N2O3S. The van der Waals surface area contributed by atoms with E-state index in [9.17, 15) is 4.79 Å². The van der Waals surface area contributed by atoms with Gasteiger partial charge < -0.3 is 9.84 Å². The monoisotopic (exact) mass is 242 g/mol. The number of ether oxygens (including phenoxy) is 1. The first kappa shape index (κ1) is 12.9. The van der Waals surface area contributed by atoms with E-state index in [1.54, 1.807) is 13.0 Å². The number of thioether (sulfide) groups is 1. The zero-order valence-corrected chi connectivity index (χ0v) is 10.2. The third-order valence-corrected chi connectivity index (χ3v) is 2.78. The third-order valence-electron chi connectivity index (χ3n) is 1.78. The van der Waals surface area contributed by atoms with Crippen molar-refractivity contribution in [1.82, 2.24) is 9.97 Å². The van der Waals surface area contributed by atoms with Gasteiger partial charge in [-0.05, 0) is 13.0 Å². The van der Waals surface area contributed by atoms with E-state index in [4.69, 9.17) is 5.11 Å². The Balaban J connectivity index is 2.94. The van der Waals surface area contributed by atoms with E-state index in [0.717, 1.165) is 0 Å². The van der Waals surface area contributed by atoms with E-state index in [-0.39, 0.29) is 17.7 Å². The van der Waals surface area contributed by atoms with Crippen LogP contribution in [-0.4, -0.2) is 40.0 Å². The number of aryl methyl sites for hydroxylation is 1. The first-order valence-corrected chi connectivity index (χ1v) is 5.66. The predicted octanol–water partition coefficient (Wildman–Crippen LogP) is 1.04. The Hall–Kier alpha value is -1.14. The summed E-state index contributed by atoms with van der Waals surface area (Å²) in [5, 5.41) is 9.62. The first-order valence-electron chi connectivity index (χ1n) is 4.78. The van der Waals surface area contributed by atoms with E-state index in [1.165, 1.54) is 18.9 Å². The molecule has 6 heteroatoms. The molecule has 88 valence electrons. The number of rotatable bonds is 4. The fraction of sp³-hybridized carbons (Fsp3) is 0.500. The minimum absolute atomic E-state index is 0.0276. The minimum atomic E-state index is -0.554.